The molecular weight excluding hydrogens is 359 g/mol. The summed E-state index contributed by atoms with van der Waals surface area (Å²) in [5.74, 6) is -1.28. The number of carbonyl (C=O) groups excluding carboxylic acids is 1. The summed E-state index contributed by atoms with van der Waals surface area (Å²) in [7, 11) is -3.70. The highest BCUT2D eigenvalue weighted by Crippen LogP contribution is 2.25. The van der Waals surface area contributed by atoms with Gasteiger partial charge in [-0.3, -0.25) is 4.79 Å². The van der Waals surface area contributed by atoms with Gasteiger partial charge in [0.2, 0.25) is 10.0 Å². The molecule has 138 valence electrons. The van der Waals surface area contributed by atoms with Crippen molar-refractivity contribution < 1.29 is 22.3 Å². The Labute approximate surface area is 151 Å². The monoisotopic (exact) mass is 378 g/mol. The number of carbonyl (C=O) groups is 1. The van der Waals surface area contributed by atoms with Crippen molar-refractivity contribution in [1.29, 1.82) is 0 Å². The molecule has 1 heterocycles. The van der Waals surface area contributed by atoms with E-state index in [1.165, 1.54) is 28.6 Å². The van der Waals surface area contributed by atoms with E-state index in [2.05, 4.69) is 5.32 Å². The van der Waals surface area contributed by atoms with Crippen LogP contribution in [0.3, 0.4) is 0 Å². The van der Waals surface area contributed by atoms with Crippen molar-refractivity contribution in [3.8, 4) is 0 Å². The molecule has 0 bridgehead atoms. The molecular formula is C18H19FN2O4S. The summed E-state index contributed by atoms with van der Waals surface area (Å²) in [5, 5.41) is 2.56. The van der Waals surface area contributed by atoms with Crippen LogP contribution in [0, 0.1) is 12.7 Å². The molecule has 1 N–H and O–H groups in total. The molecule has 2 aromatic rings. The number of halogens is 1. The van der Waals surface area contributed by atoms with Crippen molar-refractivity contribution >= 4 is 21.6 Å². The first-order chi connectivity index (χ1) is 12.4. The van der Waals surface area contributed by atoms with Gasteiger partial charge in [0.05, 0.1) is 23.7 Å². The smallest absolute Gasteiger partial charge is 0.258 e. The lowest BCUT2D eigenvalue weighted by atomic mass is 10.2. The van der Waals surface area contributed by atoms with Crippen LogP contribution in [0.15, 0.2) is 47.4 Å². The van der Waals surface area contributed by atoms with E-state index in [0.717, 1.165) is 0 Å². The molecule has 0 radical (unpaired) electrons. The van der Waals surface area contributed by atoms with Gasteiger partial charge in [-0.1, -0.05) is 18.2 Å². The topological polar surface area (TPSA) is 75.7 Å². The van der Waals surface area contributed by atoms with E-state index in [0.29, 0.717) is 18.8 Å². The third kappa shape index (κ3) is 3.77. The number of anilines is 1. The highest BCUT2D eigenvalue weighted by molar-refractivity contribution is 7.89. The standard InChI is InChI=1S/C18H19FN2O4S/c1-13-6-7-14(20-18(22)15-4-2-3-5-16(15)19)12-17(13)26(23,24)21-8-10-25-11-9-21/h2-7,12H,8-11H2,1H3,(H,20,22). The van der Waals surface area contributed by atoms with Crippen molar-refractivity contribution in [3.63, 3.8) is 0 Å². The minimum atomic E-state index is -3.70. The summed E-state index contributed by atoms with van der Waals surface area (Å²) < 4.78 is 46.0. The average Bonchev–Trinajstić information content (AvgIpc) is 2.64. The molecule has 0 aromatic heterocycles. The number of benzene rings is 2. The number of sulfonamides is 1. The Morgan fingerprint density at radius 1 is 1.15 bits per heavy atom. The molecule has 0 saturated carbocycles. The van der Waals surface area contributed by atoms with Gasteiger partial charge < -0.3 is 10.1 Å². The number of aryl methyl sites for hydroxylation is 1. The van der Waals surface area contributed by atoms with Crippen LogP contribution in [0.5, 0.6) is 0 Å². The highest BCUT2D eigenvalue weighted by atomic mass is 32.2. The van der Waals surface area contributed by atoms with E-state index in [1.54, 1.807) is 25.1 Å². The fourth-order valence-corrected chi connectivity index (χ4v) is 4.38. The quantitative estimate of drug-likeness (QED) is 0.887. The molecule has 3 rings (SSSR count). The molecule has 6 nitrogen and oxygen atoms in total. The number of ether oxygens (including phenoxy) is 1. The van der Waals surface area contributed by atoms with Gasteiger partial charge in [-0.15, -0.1) is 0 Å². The lowest BCUT2D eigenvalue weighted by molar-refractivity contribution is 0.0730. The largest absolute Gasteiger partial charge is 0.379 e. The van der Waals surface area contributed by atoms with Crippen LogP contribution in [-0.2, 0) is 14.8 Å². The Morgan fingerprint density at radius 3 is 2.54 bits per heavy atom. The summed E-state index contributed by atoms with van der Waals surface area (Å²) in [6.07, 6.45) is 0. The first-order valence-electron chi connectivity index (χ1n) is 8.14. The van der Waals surface area contributed by atoms with Crippen LogP contribution in [0.2, 0.25) is 0 Å². The molecule has 0 spiro atoms. The van der Waals surface area contributed by atoms with Gasteiger partial charge in [-0.25, -0.2) is 12.8 Å². The number of hydrogen-bond acceptors (Lipinski definition) is 4. The van der Waals surface area contributed by atoms with Crippen molar-refractivity contribution in [1.82, 2.24) is 4.31 Å². The van der Waals surface area contributed by atoms with Crippen molar-refractivity contribution in [3.05, 3.63) is 59.4 Å². The summed E-state index contributed by atoms with van der Waals surface area (Å²) in [4.78, 5) is 12.4. The maximum absolute atomic E-state index is 13.7. The Kier molecular flexibility index (Phi) is 5.36. The summed E-state index contributed by atoms with van der Waals surface area (Å²) in [6.45, 7) is 2.96. The number of nitrogens with zero attached hydrogens (tertiary/aromatic N) is 1. The predicted molar refractivity (Wildman–Crippen MR) is 95.1 cm³/mol. The minimum Gasteiger partial charge on any atom is -0.379 e. The summed E-state index contributed by atoms with van der Waals surface area (Å²) in [6, 6.07) is 10.2. The number of nitrogens with one attached hydrogen (secondary N) is 1. The number of morpholine rings is 1. The molecule has 0 atom stereocenters. The first kappa shape index (κ1) is 18.5. The van der Waals surface area contributed by atoms with Crippen LogP contribution in [0.25, 0.3) is 0 Å². The maximum atomic E-state index is 13.7. The Bertz CT molecular complexity index is 925. The second-order valence-electron chi connectivity index (χ2n) is 5.93. The lowest BCUT2D eigenvalue weighted by Crippen LogP contribution is -2.40. The first-order valence-corrected chi connectivity index (χ1v) is 9.58. The van der Waals surface area contributed by atoms with Gasteiger partial charge in [-0.05, 0) is 36.8 Å². The van der Waals surface area contributed by atoms with Crippen LogP contribution < -0.4 is 5.32 Å². The van der Waals surface area contributed by atoms with Gasteiger partial charge in [0.25, 0.3) is 5.91 Å². The van der Waals surface area contributed by atoms with Gasteiger partial charge in [0.1, 0.15) is 5.82 Å². The third-order valence-electron chi connectivity index (χ3n) is 4.15. The minimum absolute atomic E-state index is 0.106. The highest BCUT2D eigenvalue weighted by Gasteiger charge is 2.28. The number of hydrogen-bond donors (Lipinski definition) is 1. The summed E-state index contributed by atoms with van der Waals surface area (Å²) >= 11 is 0. The van der Waals surface area contributed by atoms with Crippen LogP contribution in [0.4, 0.5) is 10.1 Å². The van der Waals surface area contributed by atoms with E-state index < -0.39 is 21.7 Å². The SMILES string of the molecule is Cc1ccc(NC(=O)c2ccccc2F)cc1S(=O)(=O)N1CCOCC1. The average molecular weight is 378 g/mol. The molecule has 1 fully saturated rings. The normalized spacial score (nSPS) is 15.6. The molecule has 26 heavy (non-hydrogen) atoms. The van der Waals surface area contributed by atoms with Gasteiger partial charge >= 0.3 is 0 Å². The molecule has 0 unspecified atom stereocenters. The summed E-state index contributed by atoms with van der Waals surface area (Å²) in [5.41, 5.74) is 0.752. The van der Waals surface area contributed by atoms with Crippen molar-refractivity contribution in [2.24, 2.45) is 0 Å². The Hall–Kier alpha value is -2.29. The fraction of sp³-hybridized carbons (Fsp3) is 0.278. The fourth-order valence-electron chi connectivity index (χ4n) is 2.73. The number of amides is 1. The third-order valence-corrected chi connectivity index (χ3v) is 6.19. The zero-order valence-electron chi connectivity index (χ0n) is 14.2. The van der Waals surface area contributed by atoms with Gasteiger partial charge in [-0.2, -0.15) is 4.31 Å². The van der Waals surface area contributed by atoms with Gasteiger partial charge in [0.15, 0.2) is 0 Å². The van der Waals surface area contributed by atoms with Crippen LogP contribution in [0.1, 0.15) is 15.9 Å². The van der Waals surface area contributed by atoms with E-state index in [4.69, 9.17) is 4.74 Å². The molecule has 1 aliphatic heterocycles. The molecule has 1 amide bonds. The van der Waals surface area contributed by atoms with E-state index in [1.807, 2.05) is 0 Å². The predicted octanol–water partition coefficient (Wildman–Crippen LogP) is 2.41. The molecule has 0 aliphatic carbocycles. The van der Waals surface area contributed by atoms with Crippen molar-refractivity contribution in [2.75, 3.05) is 31.6 Å². The molecule has 1 aliphatic rings. The lowest BCUT2D eigenvalue weighted by Gasteiger charge is -2.26. The van der Waals surface area contributed by atoms with E-state index in [-0.39, 0.29) is 29.2 Å². The Morgan fingerprint density at radius 2 is 1.85 bits per heavy atom. The van der Waals surface area contributed by atoms with Crippen molar-refractivity contribution in [2.45, 2.75) is 11.8 Å². The van der Waals surface area contributed by atoms with Gasteiger partial charge in [0, 0.05) is 18.8 Å². The zero-order valence-corrected chi connectivity index (χ0v) is 15.1. The molecule has 8 heteroatoms. The van der Waals surface area contributed by atoms with E-state index in [9.17, 15) is 17.6 Å². The second kappa shape index (κ2) is 7.53. The van der Waals surface area contributed by atoms with Crippen LogP contribution in [-0.4, -0.2) is 44.9 Å². The number of rotatable bonds is 4. The molecule has 1 saturated heterocycles. The second-order valence-corrected chi connectivity index (χ2v) is 7.84. The molecule has 2 aromatic carbocycles. The van der Waals surface area contributed by atoms with Crippen LogP contribution >= 0.6 is 0 Å². The maximum Gasteiger partial charge on any atom is 0.258 e. The Balaban J connectivity index is 1.88. The van der Waals surface area contributed by atoms with E-state index >= 15 is 0 Å². The zero-order chi connectivity index (χ0) is 18.7.